The van der Waals surface area contributed by atoms with E-state index in [0.29, 0.717) is 22.6 Å². The second-order valence-electron chi connectivity index (χ2n) is 7.41. The predicted molar refractivity (Wildman–Crippen MR) is 117 cm³/mol. The average Bonchev–Trinajstić information content (AvgIpc) is 3.06. The number of phenolic OH excluding ortho intramolecular Hbond substituents is 1. The molecular formula is C22H26N4O2S. The Morgan fingerprint density at radius 2 is 1.97 bits per heavy atom. The molecule has 0 fully saturated rings. The molecule has 1 heterocycles. The lowest BCUT2D eigenvalue weighted by molar-refractivity contribution is 0.373. The van der Waals surface area contributed by atoms with Gasteiger partial charge in [-0.3, -0.25) is 0 Å². The molecule has 0 aliphatic heterocycles. The van der Waals surface area contributed by atoms with Gasteiger partial charge >= 0.3 is 0 Å². The van der Waals surface area contributed by atoms with Gasteiger partial charge in [-0.1, -0.05) is 45.0 Å². The second-order valence-corrected chi connectivity index (χ2v) is 7.81. The van der Waals surface area contributed by atoms with Crippen molar-refractivity contribution in [1.29, 1.82) is 0 Å². The maximum atomic E-state index is 9.95. The first-order valence-corrected chi connectivity index (χ1v) is 9.98. The highest BCUT2D eigenvalue weighted by Gasteiger charge is 2.18. The fourth-order valence-corrected chi connectivity index (χ4v) is 3.38. The Bertz CT molecular complexity index is 1010. The number of rotatable bonds is 7. The predicted octanol–water partition coefficient (Wildman–Crippen LogP) is 4.51. The number of benzene rings is 2. The number of aromatic nitrogens is 3. The van der Waals surface area contributed by atoms with E-state index in [1.165, 1.54) is 12.7 Å². The lowest BCUT2D eigenvalue weighted by Crippen LogP contribution is -2.06. The van der Waals surface area contributed by atoms with Gasteiger partial charge in [-0.15, -0.1) is 22.8 Å². The van der Waals surface area contributed by atoms with Crippen LogP contribution in [0.3, 0.4) is 0 Å². The molecular weight excluding hydrogens is 384 g/mol. The summed E-state index contributed by atoms with van der Waals surface area (Å²) in [5, 5.41) is 23.2. The molecule has 3 aromatic rings. The summed E-state index contributed by atoms with van der Waals surface area (Å²) in [4.78, 5) is 0. The Labute approximate surface area is 176 Å². The molecule has 3 rings (SSSR count). The van der Waals surface area contributed by atoms with Gasteiger partial charge in [0.25, 0.3) is 0 Å². The molecule has 1 atom stereocenters. The highest BCUT2D eigenvalue weighted by molar-refractivity contribution is 7.80. The Hall–Kier alpha value is -2.80. The molecule has 1 N–H and O–H groups in total. The molecule has 7 heteroatoms. The van der Waals surface area contributed by atoms with E-state index in [9.17, 15) is 5.11 Å². The van der Waals surface area contributed by atoms with Gasteiger partial charge in [0.1, 0.15) is 0 Å². The molecule has 0 aliphatic rings. The minimum atomic E-state index is -0.00284. The summed E-state index contributed by atoms with van der Waals surface area (Å²) < 4.78 is 6.69. The summed E-state index contributed by atoms with van der Waals surface area (Å²) in [6, 6.07) is 13.6. The van der Waals surface area contributed by atoms with Crippen LogP contribution in [-0.2, 0) is 6.42 Å². The van der Waals surface area contributed by atoms with Crippen LogP contribution >= 0.6 is 12.6 Å². The van der Waals surface area contributed by atoms with Gasteiger partial charge in [0, 0.05) is 5.92 Å². The monoisotopic (exact) mass is 410 g/mol. The van der Waals surface area contributed by atoms with E-state index in [0.717, 1.165) is 17.5 Å². The fraction of sp³-hybridized carbons (Fsp3) is 0.318. The molecule has 6 nitrogen and oxygen atoms in total. The Kier molecular flexibility index (Phi) is 6.59. The topological polar surface area (TPSA) is 72.5 Å². The number of hydrogen-bond acceptors (Lipinski definition) is 6. The first-order valence-electron chi connectivity index (χ1n) is 9.53. The summed E-state index contributed by atoms with van der Waals surface area (Å²) >= 11 is 4.40. The van der Waals surface area contributed by atoms with Gasteiger partial charge in [-0.2, -0.15) is 9.78 Å². The largest absolute Gasteiger partial charge is 0.504 e. The van der Waals surface area contributed by atoms with Crippen molar-refractivity contribution in [2.45, 2.75) is 38.3 Å². The number of aromatic hydroxyl groups is 1. The number of phenols is 1. The van der Waals surface area contributed by atoms with Crippen LogP contribution in [-0.4, -0.2) is 33.3 Å². The average molecular weight is 411 g/mol. The Morgan fingerprint density at radius 1 is 1.17 bits per heavy atom. The van der Waals surface area contributed by atoms with E-state index in [-0.39, 0.29) is 11.7 Å². The third-order valence-electron chi connectivity index (χ3n) is 4.66. The van der Waals surface area contributed by atoms with E-state index in [4.69, 9.17) is 4.74 Å². The Morgan fingerprint density at radius 3 is 2.66 bits per heavy atom. The van der Waals surface area contributed by atoms with Gasteiger partial charge < -0.3 is 9.84 Å². The molecule has 1 aromatic heterocycles. The summed E-state index contributed by atoms with van der Waals surface area (Å²) in [5.74, 6) is 1.76. The summed E-state index contributed by atoms with van der Waals surface area (Å²) in [6.45, 7) is 6.51. The van der Waals surface area contributed by atoms with E-state index >= 15 is 0 Å². The SMILES string of the molecule is COc1ccc(/C=N/n2c(S)nnc2C(C)c2cccc(CC(C)C)c2)cc1O. The molecule has 0 amide bonds. The zero-order valence-electron chi connectivity index (χ0n) is 17.1. The number of ether oxygens (including phenoxy) is 1. The van der Waals surface area contributed by atoms with E-state index < -0.39 is 0 Å². The smallest absolute Gasteiger partial charge is 0.208 e. The second kappa shape index (κ2) is 9.13. The van der Waals surface area contributed by atoms with Crippen molar-refractivity contribution in [3.05, 3.63) is 65.0 Å². The fourth-order valence-electron chi connectivity index (χ4n) is 3.19. The maximum Gasteiger partial charge on any atom is 0.208 e. The van der Waals surface area contributed by atoms with Crippen LogP contribution in [0.15, 0.2) is 52.7 Å². The summed E-state index contributed by atoms with van der Waals surface area (Å²) in [5.41, 5.74) is 3.18. The third kappa shape index (κ3) is 4.98. The van der Waals surface area contributed by atoms with Gasteiger partial charge in [-0.05, 0) is 47.2 Å². The number of hydrogen-bond donors (Lipinski definition) is 2. The summed E-state index contributed by atoms with van der Waals surface area (Å²) in [7, 11) is 1.51. The van der Waals surface area contributed by atoms with Crippen molar-refractivity contribution in [1.82, 2.24) is 14.9 Å². The number of methoxy groups -OCH3 is 1. The molecule has 29 heavy (non-hydrogen) atoms. The van der Waals surface area contributed by atoms with Gasteiger partial charge in [0.2, 0.25) is 5.16 Å². The minimum Gasteiger partial charge on any atom is -0.504 e. The molecule has 0 radical (unpaired) electrons. The van der Waals surface area contributed by atoms with Crippen molar-refractivity contribution in [3.8, 4) is 11.5 Å². The molecule has 0 spiro atoms. The zero-order valence-corrected chi connectivity index (χ0v) is 18.0. The molecule has 0 saturated heterocycles. The minimum absolute atomic E-state index is 0.00284. The van der Waals surface area contributed by atoms with Gasteiger partial charge in [-0.25, -0.2) is 0 Å². The quantitative estimate of drug-likeness (QED) is 0.444. The van der Waals surface area contributed by atoms with Crippen molar-refractivity contribution in [3.63, 3.8) is 0 Å². The zero-order chi connectivity index (χ0) is 21.0. The number of nitrogens with zero attached hydrogens (tertiary/aromatic N) is 4. The Balaban J connectivity index is 1.88. The van der Waals surface area contributed by atoms with E-state index in [1.807, 2.05) is 6.07 Å². The first-order chi connectivity index (χ1) is 13.9. The first kappa shape index (κ1) is 20.9. The molecule has 2 aromatic carbocycles. The number of thiol groups is 1. The van der Waals surface area contributed by atoms with Crippen LogP contribution in [0.4, 0.5) is 0 Å². The van der Waals surface area contributed by atoms with Crippen LogP contribution in [0, 0.1) is 5.92 Å². The van der Waals surface area contributed by atoms with Crippen LogP contribution in [0.2, 0.25) is 0 Å². The van der Waals surface area contributed by atoms with Gasteiger partial charge in [0.15, 0.2) is 17.3 Å². The van der Waals surface area contributed by atoms with Crippen LogP contribution < -0.4 is 4.74 Å². The summed E-state index contributed by atoms with van der Waals surface area (Å²) in [6.07, 6.45) is 2.66. The van der Waals surface area contributed by atoms with Crippen molar-refractivity contribution in [2.24, 2.45) is 11.0 Å². The standard InChI is InChI=1S/C22H26N4O2S/c1-14(2)10-16-6-5-7-18(11-16)15(3)21-24-25-22(29)26(21)23-13-17-8-9-20(28-4)19(27)12-17/h5-9,11-15,27H,10H2,1-4H3,(H,25,29)/b23-13+. The molecule has 152 valence electrons. The maximum absolute atomic E-state index is 9.95. The van der Waals surface area contributed by atoms with Crippen molar-refractivity contribution in [2.75, 3.05) is 7.11 Å². The molecule has 1 unspecified atom stereocenters. The normalized spacial score (nSPS) is 12.6. The van der Waals surface area contributed by atoms with Crippen molar-refractivity contribution < 1.29 is 9.84 Å². The molecule has 0 aliphatic carbocycles. The molecule has 0 bridgehead atoms. The third-order valence-corrected chi connectivity index (χ3v) is 4.93. The van der Waals surface area contributed by atoms with E-state index in [2.05, 4.69) is 73.0 Å². The van der Waals surface area contributed by atoms with Crippen LogP contribution in [0.1, 0.15) is 49.2 Å². The van der Waals surface area contributed by atoms with E-state index in [1.54, 1.807) is 23.0 Å². The van der Waals surface area contributed by atoms with Crippen molar-refractivity contribution >= 4 is 18.8 Å². The van der Waals surface area contributed by atoms with Gasteiger partial charge in [0.05, 0.1) is 13.3 Å². The highest BCUT2D eigenvalue weighted by Crippen LogP contribution is 2.27. The highest BCUT2D eigenvalue weighted by atomic mass is 32.1. The van der Waals surface area contributed by atoms with Crippen LogP contribution in [0.5, 0.6) is 11.5 Å². The lowest BCUT2D eigenvalue weighted by Gasteiger charge is -2.13. The lowest BCUT2D eigenvalue weighted by atomic mass is 9.95. The molecule has 0 saturated carbocycles. The van der Waals surface area contributed by atoms with Crippen LogP contribution in [0.25, 0.3) is 0 Å².